The first-order valence-electron chi connectivity index (χ1n) is 19.1. The van der Waals surface area contributed by atoms with Gasteiger partial charge >= 0.3 is 0 Å². The minimum atomic E-state index is 0.437. The number of hydrogen-bond donors (Lipinski definition) is 0. The number of unbranched alkanes of at least 4 members (excludes halogenated alkanes) is 1. The van der Waals surface area contributed by atoms with Crippen LogP contribution < -0.4 is 0 Å². The Morgan fingerprint density at radius 2 is 1.23 bits per heavy atom. The molecule has 1 unspecified atom stereocenters. The van der Waals surface area contributed by atoms with Gasteiger partial charge in [0.05, 0.1) is 0 Å². The molecular formula is C51H50O. The van der Waals surface area contributed by atoms with E-state index in [2.05, 4.69) is 163 Å². The molecule has 0 aliphatic heterocycles. The minimum absolute atomic E-state index is 0.437. The molecule has 1 aromatic heterocycles. The summed E-state index contributed by atoms with van der Waals surface area (Å²) in [6.45, 7) is 13.4. The first kappa shape index (κ1) is 35.0. The Balaban J connectivity index is 0.000000203. The van der Waals surface area contributed by atoms with Crippen LogP contribution in [0.15, 0.2) is 144 Å². The zero-order valence-electron chi connectivity index (χ0n) is 31.6. The van der Waals surface area contributed by atoms with Crippen molar-refractivity contribution >= 4 is 65.0 Å². The minimum Gasteiger partial charge on any atom is -0.455 e. The lowest BCUT2D eigenvalue weighted by Gasteiger charge is -2.19. The monoisotopic (exact) mass is 678 g/mol. The molecule has 1 atom stereocenters. The molecule has 0 amide bonds. The van der Waals surface area contributed by atoms with Gasteiger partial charge in [0.25, 0.3) is 0 Å². The second kappa shape index (κ2) is 15.5. The summed E-state index contributed by atoms with van der Waals surface area (Å²) in [5.41, 5.74) is 8.78. The van der Waals surface area contributed by atoms with Gasteiger partial charge in [-0.25, -0.2) is 0 Å². The van der Waals surface area contributed by atoms with E-state index in [4.69, 9.17) is 4.42 Å². The Bertz CT molecular complexity index is 2630. The third-order valence-electron chi connectivity index (χ3n) is 10.7. The largest absolute Gasteiger partial charge is 0.455 e. The number of furan rings is 1. The van der Waals surface area contributed by atoms with Gasteiger partial charge in [0.2, 0.25) is 0 Å². The smallest absolute Gasteiger partial charge is 0.143 e. The number of fused-ring (bicyclic) bond motifs is 12. The van der Waals surface area contributed by atoms with E-state index >= 15 is 0 Å². The third-order valence-corrected chi connectivity index (χ3v) is 10.7. The van der Waals surface area contributed by atoms with Crippen LogP contribution in [0.3, 0.4) is 0 Å². The maximum absolute atomic E-state index is 6.78. The molecule has 52 heavy (non-hydrogen) atoms. The molecule has 8 aromatic carbocycles. The van der Waals surface area contributed by atoms with E-state index in [0.717, 1.165) is 17.6 Å². The lowest BCUT2D eigenvalue weighted by molar-refractivity contribution is 0.673. The van der Waals surface area contributed by atoms with Crippen molar-refractivity contribution in [1.82, 2.24) is 0 Å². The maximum atomic E-state index is 6.78. The van der Waals surface area contributed by atoms with Crippen LogP contribution in [0.5, 0.6) is 0 Å². The van der Waals surface area contributed by atoms with E-state index in [1.807, 2.05) is 18.2 Å². The Kier molecular flexibility index (Phi) is 10.4. The van der Waals surface area contributed by atoms with Crippen molar-refractivity contribution in [1.29, 1.82) is 0 Å². The Labute approximate surface area is 308 Å². The van der Waals surface area contributed by atoms with E-state index in [9.17, 15) is 0 Å². The predicted octanol–water partition coefficient (Wildman–Crippen LogP) is 15.4. The molecule has 0 bridgehead atoms. The van der Waals surface area contributed by atoms with Crippen LogP contribution in [0.1, 0.15) is 73.8 Å². The zero-order valence-corrected chi connectivity index (χ0v) is 31.6. The number of hydrogen-bond acceptors (Lipinski definition) is 1. The quantitative estimate of drug-likeness (QED) is 0.165. The molecule has 0 aliphatic rings. The van der Waals surface area contributed by atoms with Gasteiger partial charge in [0.15, 0.2) is 0 Å². The number of rotatable bonds is 5. The molecule has 1 nitrogen and oxygen atoms in total. The fraction of sp³-hybridized carbons (Fsp3) is 0.216. The van der Waals surface area contributed by atoms with Crippen molar-refractivity contribution in [2.24, 2.45) is 0 Å². The number of benzene rings is 8. The zero-order chi connectivity index (χ0) is 36.2. The summed E-state index contributed by atoms with van der Waals surface area (Å²) in [5.74, 6) is 0.437. The van der Waals surface area contributed by atoms with Crippen LogP contribution in [-0.2, 0) is 6.42 Å². The molecule has 260 valence electrons. The molecule has 1 heterocycles. The van der Waals surface area contributed by atoms with Crippen LogP contribution in [0.25, 0.3) is 65.0 Å². The Hall–Kier alpha value is -5.40. The molecule has 0 N–H and O–H groups in total. The summed E-state index contributed by atoms with van der Waals surface area (Å²) in [5, 5.41) is 12.9. The van der Waals surface area contributed by atoms with E-state index < -0.39 is 0 Å². The molecule has 9 aromatic rings. The second-order valence-corrected chi connectivity index (χ2v) is 14.5. The van der Waals surface area contributed by atoms with Crippen molar-refractivity contribution in [3.8, 4) is 0 Å². The highest BCUT2D eigenvalue weighted by Crippen LogP contribution is 2.47. The van der Waals surface area contributed by atoms with Gasteiger partial charge in [-0.15, -0.1) is 0 Å². The SMILES string of the molecule is CCC(C)c1cc2c(oc3ccc4ccccc4c32)c2c3cc(C)ccc3c3cccc(C)c3c12.CCCCc1ccccc1.Cc1ccccc1. The van der Waals surface area contributed by atoms with Crippen LogP contribution >= 0.6 is 0 Å². The second-order valence-electron chi connectivity index (χ2n) is 14.5. The third kappa shape index (κ3) is 6.81. The van der Waals surface area contributed by atoms with Gasteiger partial charge in [-0.1, -0.05) is 166 Å². The molecule has 0 aliphatic carbocycles. The topological polar surface area (TPSA) is 13.1 Å². The summed E-state index contributed by atoms with van der Waals surface area (Å²) in [7, 11) is 0. The molecule has 1 heteroatoms. The van der Waals surface area contributed by atoms with Gasteiger partial charge < -0.3 is 4.42 Å². The average molecular weight is 679 g/mol. The van der Waals surface area contributed by atoms with E-state index in [-0.39, 0.29) is 0 Å². The molecular weight excluding hydrogens is 629 g/mol. The summed E-state index contributed by atoms with van der Waals surface area (Å²) in [4.78, 5) is 0. The fourth-order valence-electron chi connectivity index (χ4n) is 7.72. The average Bonchev–Trinajstić information content (AvgIpc) is 3.56. The van der Waals surface area contributed by atoms with Crippen molar-refractivity contribution in [3.63, 3.8) is 0 Å². The van der Waals surface area contributed by atoms with Crippen LogP contribution in [0.2, 0.25) is 0 Å². The molecule has 0 spiro atoms. The van der Waals surface area contributed by atoms with Crippen LogP contribution in [-0.4, -0.2) is 0 Å². The molecule has 0 saturated carbocycles. The maximum Gasteiger partial charge on any atom is 0.143 e. The van der Waals surface area contributed by atoms with Crippen LogP contribution in [0, 0.1) is 20.8 Å². The van der Waals surface area contributed by atoms with Crippen molar-refractivity contribution in [3.05, 3.63) is 167 Å². The summed E-state index contributed by atoms with van der Waals surface area (Å²) < 4.78 is 6.78. The first-order valence-corrected chi connectivity index (χ1v) is 19.1. The van der Waals surface area contributed by atoms with E-state index in [1.165, 1.54) is 101 Å². The van der Waals surface area contributed by atoms with Gasteiger partial charge in [0.1, 0.15) is 11.2 Å². The highest BCUT2D eigenvalue weighted by Gasteiger charge is 2.22. The molecule has 0 radical (unpaired) electrons. The summed E-state index contributed by atoms with van der Waals surface area (Å²) >= 11 is 0. The normalized spacial score (nSPS) is 11.9. The van der Waals surface area contributed by atoms with Crippen molar-refractivity contribution in [2.45, 2.75) is 73.1 Å². The highest BCUT2D eigenvalue weighted by atomic mass is 16.3. The Morgan fingerprint density at radius 1 is 0.519 bits per heavy atom. The van der Waals surface area contributed by atoms with E-state index in [1.54, 1.807) is 0 Å². The Morgan fingerprint density at radius 3 is 1.94 bits per heavy atom. The van der Waals surface area contributed by atoms with Gasteiger partial charge in [-0.2, -0.15) is 0 Å². The van der Waals surface area contributed by atoms with Gasteiger partial charge in [-0.3, -0.25) is 0 Å². The molecule has 0 fully saturated rings. The van der Waals surface area contributed by atoms with E-state index in [0.29, 0.717) is 5.92 Å². The molecule has 0 saturated heterocycles. The van der Waals surface area contributed by atoms with Crippen LogP contribution in [0.4, 0.5) is 0 Å². The van der Waals surface area contributed by atoms with Crippen molar-refractivity contribution < 1.29 is 4.42 Å². The van der Waals surface area contributed by atoms with Gasteiger partial charge in [0, 0.05) is 16.2 Å². The lowest BCUT2D eigenvalue weighted by atomic mass is 9.84. The fourth-order valence-corrected chi connectivity index (χ4v) is 7.72. The van der Waals surface area contributed by atoms with Crippen molar-refractivity contribution in [2.75, 3.05) is 0 Å². The predicted molar refractivity (Wildman–Crippen MR) is 228 cm³/mol. The summed E-state index contributed by atoms with van der Waals surface area (Å²) in [6, 6.07) is 50.0. The lowest BCUT2D eigenvalue weighted by Crippen LogP contribution is -1.97. The first-order chi connectivity index (χ1) is 25.4. The summed E-state index contributed by atoms with van der Waals surface area (Å²) in [6.07, 6.45) is 4.92. The number of aryl methyl sites for hydroxylation is 4. The highest BCUT2D eigenvalue weighted by molar-refractivity contribution is 6.35. The van der Waals surface area contributed by atoms with Gasteiger partial charge in [-0.05, 0) is 112 Å². The standard InChI is InChI=1S/C34H28O.C10H14.C7H8/c1-5-20(3)26-18-28-31-23-11-7-6-10-22(23)14-16-29(31)35-34(28)33-27-17-19(2)13-15-24(27)25-12-8-9-21(4)30(25)32(26)33;1-2-3-7-10-8-5-4-6-9-10;1-7-5-3-2-4-6-7/h6-18,20H,5H2,1-4H3;4-6,8-9H,2-3,7H2,1H3;2-6H,1H3. The molecule has 9 rings (SSSR count).